The highest BCUT2D eigenvalue weighted by molar-refractivity contribution is 5.98. The quantitative estimate of drug-likeness (QED) is 0.694. The largest absolute Gasteiger partial charge is 0.341 e. The number of amides is 3. The number of hydrogen-bond donors (Lipinski definition) is 1. The predicted molar refractivity (Wildman–Crippen MR) is 137 cm³/mol. The van der Waals surface area contributed by atoms with Gasteiger partial charge in [-0.2, -0.15) is 0 Å². The van der Waals surface area contributed by atoms with Crippen molar-refractivity contribution in [2.24, 2.45) is 5.92 Å². The number of benzene rings is 2. The SMILES string of the molecule is CCc1cccc(C(=O)NC(C(=O)N2CCC3(CC2)C(=O)N(C)CN3c2ccccc2)C(C)C)c1. The van der Waals surface area contributed by atoms with Crippen LogP contribution >= 0.6 is 0 Å². The van der Waals surface area contributed by atoms with Gasteiger partial charge in [0.2, 0.25) is 11.8 Å². The van der Waals surface area contributed by atoms with Gasteiger partial charge in [0.15, 0.2) is 0 Å². The normalized spacial score (nSPS) is 18.3. The fourth-order valence-electron chi connectivity index (χ4n) is 5.27. The maximum absolute atomic E-state index is 13.5. The van der Waals surface area contributed by atoms with Gasteiger partial charge in [0.1, 0.15) is 11.6 Å². The number of anilines is 1. The summed E-state index contributed by atoms with van der Waals surface area (Å²) in [5.41, 5.74) is 2.04. The maximum atomic E-state index is 13.5. The molecule has 0 saturated carbocycles. The molecular weight excluding hydrogens is 440 g/mol. The zero-order valence-corrected chi connectivity index (χ0v) is 21.2. The lowest BCUT2D eigenvalue weighted by Gasteiger charge is -2.44. The molecule has 2 aliphatic heterocycles. The first-order chi connectivity index (χ1) is 16.8. The van der Waals surface area contributed by atoms with E-state index in [0.717, 1.165) is 17.7 Å². The van der Waals surface area contributed by atoms with Crippen LogP contribution in [0.3, 0.4) is 0 Å². The van der Waals surface area contributed by atoms with Crippen molar-refractivity contribution >= 4 is 23.4 Å². The first-order valence-electron chi connectivity index (χ1n) is 12.5. The van der Waals surface area contributed by atoms with E-state index in [4.69, 9.17) is 0 Å². The van der Waals surface area contributed by atoms with Crippen LogP contribution < -0.4 is 10.2 Å². The summed E-state index contributed by atoms with van der Waals surface area (Å²) < 4.78 is 0. The van der Waals surface area contributed by atoms with Gasteiger partial charge >= 0.3 is 0 Å². The molecule has 2 aliphatic rings. The Morgan fingerprint density at radius 1 is 1.03 bits per heavy atom. The van der Waals surface area contributed by atoms with Gasteiger partial charge in [0.05, 0.1) is 6.67 Å². The fraction of sp³-hybridized carbons (Fsp3) is 0.464. The van der Waals surface area contributed by atoms with Crippen molar-refractivity contribution in [3.05, 3.63) is 65.7 Å². The second-order valence-electron chi connectivity index (χ2n) is 10.0. The number of nitrogens with one attached hydrogen (secondary N) is 1. The van der Waals surface area contributed by atoms with Crippen LogP contribution in [0.1, 0.15) is 49.5 Å². The van der Waals surface area contributed by atoms with Crippen LogP contribution in [0.5, 0.6) is 0 Å². The smallest absolute Gasteiger partial charge is 0.251 e. The van der Waals surface area contributed by atoms with E-state index in [2.05, 4.69) is 10.2 Å². The van der Waals surface area contributed by atoms with Crippen molar-refractivity contribution in [3.8, 4) is 0 Å². The Morgan fingerprint density at radius 2 is 1.71 bits per heavy atom. The number of rotatable bonds is 6. The highest BCUT2D eigenvalue weighted by Gasteiger charge is 2.53. The van der Waals surface area contributed by atoms with Gasteiger partial charge < -0.3 is 20.0 Å². The Bertz CT molecular complexity index is 1080. The Balaban J connectivity index is 1.47. The van der Waals surface area contributed by atoms with E-state index in [-0.39, 0.29) is 23.6 Å². The van der Waals surface area contributed by atoms with Gasteiger partial charge in [-0.05, 0) is 55.0 Å². The summed E-state index contributed by atoms with van der Waals surface area (Å²) >= 11 is 0. The van der Waals surface area contributed by atoms with E-state index in [9.17, 15) is 14.4 Å². The summed E-state index contributed by atoms with van der Waals surface area (Å²) in [5, 5.41) is 2.98. The van der Waals surface area contributed by atoms with E-state index >= 15 is 0 Å². The van der Waals surface area contributed by atoms with Crippen molar-refractivity contribution in [2.75, 3.05) is 31.7 Å². The number of likely N-dealkylation sites (N-methyl/N-ethyl adjacent to an activating group) is 1. The molecule has 1 N–H and O–H groups in total. The Labute approximate surface area is 208 Å². The lowest BCUT2D eigenvalue weighted by molar-refractivity contribution is -0.139. The maximum Gasteiger partial charge on any atom is 0.251 e. The summed E-state index contributed by atoms with van der Waals surface area (Å²) in [6.45, 7) is 7.44. The van der Waals surface area contributed by atoms with E-state index < -0.39 is 11.6 Å². The molecule has 4 rings (SSSR count). The molecule has 2 heterocycles. The summed E-state index contributed by atoms with van der Waals surface area (Å²) in [6, 6.07) is 16.9. The van der Waals surface area contributed by atoms with Gasteiger partial charge in [-0.3, -0.25) is 14.4 Å². The molecule has 1 atom stereocenters. The van der Waals surface area contributed by atoms with Crippen molar-refractivity contribution in [3.63, 3.8) is 0 Å². The number of carbonyl (C=O) groups is 3. The van der Waals surface area contributed by atoms with Gasteiger partial charge in [-0.25, -0.2) is 0 Å². The molecule has 2 aromatic carbocycles. The summed E-state index contributed by atoms with van der Waals surface area (Å²) in [4.78, 5) is 45.5. The molecule has 186 valence electrons. The van der Waals surface area contributed by atoms with Gasteiger partial charge in [0.25, 0.3) is 5.91 Å². The van der Waals surface area contributed by atoms with Gasteiger partial charge in [-0.15, -0.1) is 0 Å². The highest BCUT2D eigenvalue weighted by atomic mass is 16.2. The third kappa shape index (κ3) is 4.77. The molecule has 2 saturated heterocycles. The standard InChI is InChI=1S/C28H36N4O3/c1-5-21-10-9-11-22(18-21)25(33)29-24(20(2)3)26(34)31-16-14-28(15-17-31)27(35)30(4)19-32(28)23-12-7-6-8-13-23/h6-13,18,20,24H,5,14-17,19H2,1-4H3,(H,29,33). The van der Waals surface area contributed by atoms with E-state index in [1.807, 2.05) is 81.2 Å². The van der Waals surface area contributed by atoms with Crippen LogP contribution in [0.25, 0.3) is 0 Å². The first kappa shape index (κ1) is 24.8. The summed E-state index contributed by atoms with van der Waals surface area (Å²) in [6.07, 6.45) is 1.97. The zero-order valence-electron chi connectivity index (χ0n) is 21.2. The second kappa shape index (κ2) is 10.1. The summed E-state index contributed by atoms with van der Waals surface area (Å²) in [5.74, 6) is -0.265. The van der Waals surface area contributed by atoms with Crippen LogP contribution in [0, 0.1) is 5.92 Å². The molecule has 2 fully saturated rings. The number of likely N-dealkylation sites (tertiary alicyclic amines) is 1. The minimum absolute atomic E-state index is 0.0586. The number of piperidine rings is 1. The van der Waals surface area contributed by atoms with Crippen LogP contribution in [0.4, 0.5) is 5.69 Å². The monoisotopic (exact) mass is 476 g/mol. The van der Waals surface area contributed by atoms with Crippen LogP contribution in [-0.4, -0.2) is 65.9 Å². The second-order valence-corrected chi connectivity index (χ2v) is 10.0. The highest BCUT2D eigenvalue weighted by Crippen LogP contribution is 2.39. The van der Waals surface area contributed by atoms with Gasteiger partial charge in [0, 0.05) is 31.4 Å². The van der Waals surface area contributed by atoms with Crippen molar-refractivity contribution < 1.29 is 14.4 Å². The average Bonchev–Trinajstić information content (AvgIpc) is 3.12. The van der Waals surface area contributed by atoms with Crippen molar-refractivity contribution in [1.82, 2.24) is 15.1 Å². The Kier molecular flexibility index (Phi) is 7.15. The molecule has 3 amide bonds. The Hall–Kier alpha value is -3.35. The number of aryl methyl sites for hydroxylation is 1. The third-order valence-electron chi connectivity index (χ3n) is 7.40. The topological polar surface area (TPSA) is 73.0 Å². The van der Waals surface area contributed by atoms with Crippen LogP contribution in [0.15, 0.2) is 54.6 Å². The summed E-state index contributed by atoms with van der Waals surface area (Å²) in [7, 11) is 1.84. The van der Waals surface area contributed by atoms with E-state index in [0.29, 0.717) is 38.2 Å². The van der Waals surface area contributed by atoms with Crippen molar-refractivity contribution in [2.45, 2.75) is 51.6 Å². The van der Waals surface area contributed by atoms with Crippen LogP contribution in [0.2, 0.25) is 0 Å². The molecule has 1 unspecified atom stereocenters. The molecule has 35 heavy (non-hydrogen) atoms. The van der Waals surface area contributed by atoms with E-state index in [1.165, 1.54) is 0 Å². The average molecular weight is 477 g/mol. The number of para-hydroxylation sites is 1. The number of hydrogen-bond acceptors (Lipinski definition) is 4. The molecule has 2 aromatic rings. The van der Waals surface area contributed by atoms with Gasteiger partial charge in [-0.1, -0.05) is 51.1 Å². The first-order valence-corrected chi connectivity index (χ1v) is 12.5. The molecule has 0 aliphatic carbocycles. The number of carbonyl (C=O) groups excluding carboxylic acids is 3. The minimum atomic E-state index is -0.635. The molecule has 7 heteroatoms. The molecule has 0 aromatic heterocycles. The van der Waals surface area contributed by atoms with Crippen molar-refractivity contribution in [1.29, 1.82) is 0 Å². The lowest BCUT2D eigenvalue weighted by atomic mass is 9.85. The number of nitrogens with zero attached hydrogens (tertiary/aromatic N) is 3. The zero-order chi connectivity index (χ0) is 25.2. The molecule has 1 spiro atoms. The predicted octanol–water partition coefficient (Wildman–Crippen LogP) is 3.30. The van der Waals surface area contributed by atoms with E-state index in [1.54, 1.807) is 11.0 Å². The molecule has 7 nitrogen and oxygen atoms in total. The molecular formula is C28H36N4O3. The lowest BCUT2D eigenvalue weighted by Crippen LogP contribution is -2.60. The molecule has 0 radical (unpaired) electrons. The minimum Gasteiger partial charge on any atom is -0.341 e. The molecule has 0 bridgehead atoms. The fourth-order valence-corrected chi connectivity index (χ4v) is 5.27. The third-order valence-corrected chi connectivity index (χ3v) is 7.40. The Morgan fingerprint density at radius 3 is 2.34 bits per heavy atom. The van der Waals surface area contributed by atoms with Crippen LogP contribution in [-0.2, 0) is 16.0 Å².